The molecule has 1 aromatic heterocycles. The maximum absolute atomic E-state index is 13.6. The van der Waals surface area contributed by atoms with Crippen molar-refractivity contribution in [1.82, 2.24) is 0 Å². The standard InChI is InChI=1S/C23H17ClF4N2O2S/c24-20-12-18-19(33-20)3-1-2-8-30(18)22(32)13-4-6-17(7-5-13)29-21(31)14-9-15(23(26,27)28)11-16(25)10-14/h4-7,9-12H,1-3,8H2,(H,29,31). The van der Waals surface area contributed by atoms with E-state index in [9.17, 15) is 27.2 Å². The Morgan fingerprint density at radius 1 is 1.00 bits per heavy atom. The molecule has 2 amide bonds. The number of rotatable bonds is 3. The smallest absolute Gasteiger partial charge is 0.322 e. The molecule has 4 rings (SSSR count). The van der Waals surface area contributed by atoms with E-state index in [2.05, 4.69) is 5.32 Å². The van der Waals surface area contributed by atoms with Crippen molar-refractivity contribution < 1.29 is 27.2 Å². The quantitative estimate of drug-likeness (QED) is 0.406. The Kier molecular flexibility index (Phi) is 6.45. The maximum Gasteiger partial charge on any atom is 0.416 e. The summed E-state index contributed by atoms with van der Waals surface area (Å²) < 4.78 is 52.9. The predicted octanol–water partition coefficient (Wildman–Crippen LogP) is 6.79. The van der Waals surface area contributed by atoms with Crippen LogP contribution >= 0.6 is 22.9 Å². The number of benzene rings is 2. The van der Waals surface area contributed by atoms with E-state index in [1.807, 2.05) is 0 Å². The largest absolute Gasteiger partial charge is 0.416 e. The number of carbonyl (C=O) groups is 2. The van der Waals surface area contributed by atoms with Gasteiger partial charge in [-0.15, -0.1) is 11.3 Å². The van der Waals surface area contributed by atoms with Crippen molar-refractivity contribution in [3.8, 4) is 0 Å². The first kappa shape index (κ1) is 23.3. The highest BCUT2D eigenvalue weighted by Gasteiger charge is 2.32. The molecule has 10 heteroatoms. The van der Waals surface area contributed by atoms with E-state index < -0.39 is 29.0 Å². The molecule has 172 valence electrons. The van der Waals surface area contributed by atoms with E-state index >= 15 is 0 Å². The molecular formula is C23H17ClF4N2O2S. The average molecular weight is 497 g/mol. The van der Waals surface area contributed by atoms with E-state index in [1.54, 1.807) is 11.0 Å². The molecule has 0 fully saturated rings. The zero-order valence-corrected chi connectivity index (χ0v) is 18.6. The van der Waals surface area contributed by atoms with Crippen molar-refractivity contribution >= 4 is 46.1 Å². The Morgan fingerprint density at radius 3 is 2.42 bits per heavy atom. The van der Waals surface area contributed by atoms with Crippen LogP contribution in [0.5, 0.6) is 0 Å². The van der Waals surface area contributed by atoms with Crippen molar-refractivity contribution in [3.05, 3.63) is 80.3 Å². The summed E-state index contributed by atoms with van der Waals surface area (Å²) in [6, 6.07) is 9.39. The predicted molar refractivity (Wildman–Crippen MR) is 120 cm³/mol. The molecule has 2 heterocycles. The third kappa shape index (κ3) is 5.20. The molecule has 0 unspecified atom stereocenters. The molecule has 1 N–H and O–H groups in total. The van der Waals surface area contributed by atoms with Crippen molar-refractivity contribution in [2.24, 2.45) is 0 Å². The van der Waals surface area contributed by atoms with Gasteiger partial charge in [0.05, 0.1) is 15.6 Å². The van der Waals surface area contributed by atoms with Crippen LogP contribution in [0.25, 0.3) is 0 Å². The van der Waals surface area contributed by atoms with Gasteiger partial charge in [-0.3, -0.25) is 9.59 Å². The minimum Gasteiger partial charge on any atom is -0.322 e. The number of hydrogen-bond acceptors (Lipinski definition) is 3. The zero-order chi connectivity index (χ0) is 23.8. The number of hydrogen-bond donors (Lipinski definition) is 1. The number of aryl methyl sites for hydroxylation is 1. The molecule has 4 nitrogen and oxygen atoms in total. The van der Waals surface area contributed by atoms with Crippen LogP contribution in [0.2, 0.25) is 4.34 Å². The molecule has 1 aliphatic rings. The number of alkyl halides is 3. The van der Waals surface area contributed by atoms with E-state index in [0.29, 0.717) is 28.6 Å². The van der Waals surface area contributed by atoms with E-state index in [0.717, 1.165) is 35.9 Å². The molecule has 1 aliphatic heterocycles. The summed E-state index contributed by atoms with van der Waals surface area (Å²) in [5.74, 6) is -2.28. The molecular weight excluding hydrogens is 480 g/mol. The summed E-state index contributed by atoms with van der Waals surface area (Å²) >= 11 is 7.60. The van der Waals surface area contributed by atoms with Crippen LogP contribution in [-0.2, 0) is 12.6 Å². The summed E-state index contributed by atoms with van der Waals surface area (Å²) in [7, 11) is 0. The van der Waals surface area contributed by atoms with Crippen LogP contribution in [0.15, 0.2) is 48.5 Å². The van der Waals surface area contributed by atoms with Crippen molar-refractivity contribution in [1.29, 1.82) is 0 Å². The van der Waals surface area contributed by atoms with Crippen LogP contribution in [0.1, 0.15) is 44.0 Å². The molecule has 0 radical (unpaired) electrons. The molecule has 33 heavy (non-hydrogen) atoms. The number of nitrogens with zero attached hydrogens (tertiary/aromatic N) is 1. The monoisotopic (exact) mass is 496 g/mol. The van der Waals surface area contributed by atoms with Crippen molar-refractivity contribution in [2.75, 3.05) is 16.8 Å². The maximum atomic E-state index is 13.6. The first-order chi connectivity index (χ1) is 15.6. The molecule has 0 saturated heterocycles. The Bertz CT molecular complexity index is 1210. The average Bonchev–Trinajstić information content (AvgIpc) is 3.01. The van der Waals surface area contributed by atoms with Crippen LogP contribution in [0.3, 0.4) is 0 Å². The third-order valence-corrected chi connectivity index (χ3v) is 6.52. The topological polar surface area (TPSA) is 49.4 Å². The van der Waals surface area contributed by atoms with Gasteiger partial charge in [0, 0.05) is 28.2 Å². The Balaban J connectivity index is 1.51. The van der Waals surface area contributed by atoms with E-state index in [4.69, 9.17) is 11.6 Å². The van der Waals surface area contributed by atoms with Gasteiger partial charge in [0.2, 0.25) is 0 Å². The summed E-state index contributed by atoms with van der Waals surface area (Å²) in [4.78, 5) is 28.2. The molecule has 0 spiro atoms. The third-order valence-electron chi connectivity index (χ3n) is 5.21. The first-order valence-electron chi connectivity index (χ1n) is 10.0. The normalized spacial score (nSPS) is 13.9. The lowest BCUT2D eigenvalue weighted by atomic mass is 10.1. The molecule has 2 aromatic carbocycles. The number of nitrogens with one attached hydrogen (secondary N) is 1. The first-order valence-corrected chi connectivity index (χ1v) is 11.2. The van der Waals surface area contributed by atoms with Crippen molar-refractivity contribution in [2.45, 2.75) is 25.4 Å². The summed E-state index contributed by atoms with van der Waals surface area (Å²) in [5, 5.41) is 2.43. The van der Waals surface area contributed by atoms with E-state index in [1.165, 1.54) is 35.6 Å². The van der Waals surface area contributed by atoms with E-state index in [-0.39, 0.29) is 11.6 Å². The van der Waals surface area contributed by atoms with Gasteiger partial charge < -0.3 is 10.2 Å². The molecule has 0 aliphatic carbocycles. The number of anilines is 2. The molecule has 0 atom stereocenters. The zero-order valence-electron chi connectivity index (χ0n) is 17.0. The van der Waals surface area contributed by atoms with Gasteiger partial charge in [-0.2, -0.15) is 13.2 Å². The van der Waals surface area contributed by atoms with Crippen LogP contribution in [-0.4, -0.2) is 18.4 Å². The van der Waals surface area contributed by atoms with Gasteiger partial charge in [0.15, 0.2) is 0 Å². The van der Waals surface area contributed by atoms with Gasteiger partial charge in [-0.05, 0) is 67.8 Å². The molecule has 3 aromatic rings. The van der Waals surface area contributed by atoms with Crippen LogP contribution in [0, 0.1) is 5.82 Å². The second kappa shape index (κ2) is 9.15. The minimum absolute atomic E-state index is 0.217. The SMILES string of the molecule is O=C(Nc1ccc(C(=O)N2CCCCc3sc(Cl)cc32)cc1)c1cc(F)cc(C(F)(F)F)c1. The summed E-state index contributed by atoms with van der Waals surface area (Å²) in [5.41, 5.74) is -0.276. The fourth-order valence-corrected chi connectivity index (χ4v) is 4.93. The Hall–Kier alpha value is -2.91. The second-order valence-electron chi connectivity index (χ2n) is 7.53. The van der Waals surface area contributed by atoms with Crippen LogP contribution < -0.4 is 10.2 Å². The Morgan fingerprint density at radius 2 is 1.73 bits per heavy atom. The highest BCUT2D eigenvalue weighted by Crippen LogP contribution is 2.37. The number of carbonyl (C=O) groups excluding carboxylic acids is 2. The summed E-state index contributed by atoms with van der Waals surface area (Å²) in [6.07, 6.45) is -2.11. The highest BCUT2D eigenvalue weighted by molar-refractivity contribution is 7.16. The lowest BCUT2D eigenvalue weighted by Crippen LogP contribution is -2.31. The number of thiophene rings is 1. The fourth-order valence-electron chi connectivity index (χ4n) is 3.62. The minimum atomic E-state index is -4.78. The van der Waals surface area contributed by atoms with Gasteiger partial charge in [0.1, 0.15) is 5.82 Å². The van der Waals surface area contributed by atoms with Gasteiger partial charge >= 0.3 is 6.18 Å². The van der Waals surface area contributed by atoms with Crippen LogP contribution in [0.4, 0.5) is 28.9 Å². The number of halogens is 5. The lowest BCUT2D eigenvalue weighted by molar-refractivity contribution is -0.137. The molecule has 0 saturated carbocycles. The highest BCUT2D eigenvalue weighted by atomic mass is 35.5. The van der Waals surface area contributed by atoms with Crippen molar-refractivity contribution in [3.63, 3.8) is 0 Å². The fraction of sp³-hybridized carbons (Fsp3) is 0.217. The Labute approximate surface area is 195 Å². The van der Waals surface area contributed by atoms with Gasteiger partial charge in [-0.25, -0.2) is 4.39 Å². The molecule has 0 bridgehead atoms. The van der Waals surface area contributed by atoms with Gasteiger partial charge in [0.25, 0.3) is 11.8 Å². The lowest BCUT2D eigenvalue weighted by Gasteiger charge is -2.21. The number of amides is 2. The second-order valence-corrected chi connectivity index (χ2v) is 9.30. The summed E-state index contributed by atoms with van der Waals surface area (Å²) in [6.45, 7) is 0.554. The number of fused-ring (bicyclic) bond motifs is 1. The van der Waals surface area contributed by atoms with Gasteiger partial charge in [-0.1, -0.05) is 11.6 Å².